The summed E-state index contributed by atoms with van der Waals surface area (Å²) < 4.78 is 27.0. The molecule has 0 spiro atoms. The van der Waals surface area contributed by atoms with Gasteiger partial charge in [-0.2, -0.15) is 0 Å². The monoisotopic (exact) mass is 300 g/mol. The van der Waals surface area contributed by atoms with Crippen LogP contribution in [0, 0.1) is 0 Å². The van der Waals surface area contributed by atoms with Gasteiger partial charge in [0.15, 0.2) is 0 Å². The van der Waals surface area contributed by atoms with Crippen LogP contribution in [0.15, 0.2) is 28.9 Å². The first-order valence-electron chi connectivity index (χ1n) is 5.87. The van der Waals surface area contributed by atoms with E-state index in [2.05, 4.69) is 20.0 Å². The van der Waals surface area contributed by atoms with Crippen molar-refractivity contribution in [1.82, 2.24) is 20.0 Å². The van der Waals surface area contributed by atoms with Gasteiger partial charge in [-0.15, -0.1) is 11.3 Å². The van der Waals surface area contributed by atoms with Crippen molar-refractivity contribution >= 4 is 21.4 Å². The highest BCUT2D eigenvalue weighted by molar-refractivity contribution is 7.89. The quantitative estimate of drug-likeness (QED) is 0.713. The molecule has 0 aliphatic heterocycles. The van der Waals surface area contributed by atoms with Crippen molar-refractivity contribution in [2.24, 2.45) is 0 Å². The Hall–Kier alpha value is -1.22. The second-order valence-electron chi connectivity index (χ2n) is 3.89. The maximum atomic E-state index is 12.2. The van der Waals surface area contributed by atoms with Gasteiger partial charge < -0.3 is 10.3 Å². The minimum atomic E-state index is -3.48. The normalized spacial score (nSPS) is 11.8. The average Bonchev–Trinajstić information content (AvgIpc) is 3.05. The molecule has 0 atom stereocenters. The molecule has 0 saturated heterocycles. The van der Waals surface area contributed by atoms with Crippen LogP contribution in [0.1, 0.15) is 17.5 Å². The number of nitrogens with one attached hydrogen (secondary N) is 3. The Kier molecular flexibility index (Phi) is 4.70. The van der Waals surface area contributed by atoms with Crippen molar-refractivity contribution in [2.75, 3.05) is 6.54 Å². The van der Waals surface area contributed by atoms with Gasteiger partial charge in [-0.1, -0.05) is 6.92 Å². The lowest BCUT2D eigenvalue weighted by molar-refractivity contribution is 0.579. The second-order valence-corrected chi connectivity index (χ2v) is 6.63. The lowest BCUT2D eigenvalue weighted by atomic mass is 10.4. The first-order valence-corrected chi connectivity index (χ1v) is 8.23. The number of aromatic nitrogens is 2. The van der Waals surface area contributed by atoms with Crippen molar-refractivity contribution in [3.8, 4) is 0 Å². The smallest absolute Gasteiger partial charge is 0.242 e. The number of hydrogen-bond donors (Lipinski definition) is 3. The lowest BCUT2D eigenvalue weighted by Gasteiger charge is -2.07. The standard InChI is InChI=1S/C11H16N4O2S2/c1-2-12-7-10-11(3-4-18-10)19(16,17)15-6-9-5-13-8-14-9/h3-5,8,12,15H,2,6-7H2,1H3,(H,13,14). The Morgan fingerprint density at radius 1 is 1.42 bits per heavy atom. The van der Waals surface area contributed by atoms with Gasteiger partial charge >= 0.3 is 0 Å². The van der Waals surface area contributed by atoms with E-state index in [1.807, 2.05) is 6.92 Å². The maximum absolute atomic E-state index is 12.2. The molecule has 0 aliphatic rings. The van der Waals surface area contributed by atoms with Gasteiger partial charge in [-0.05, 0) is 18.0 Å². The van der Waals surface area contributed by atoms with E-state index in [1.165, 1.54) is 17.7 Å². The molecule has 0 aliphatic carbocycles. The second kappa shape index (κ2) is 6.29. The predicted octanol–water partition coefficient (Wildman–Crippen LogP) is 1.06. The molecular weight excluding hydrogens is 284 g/mol. The molecule has 6 nitrogen and oxygen atoms in total. The van der Waals surface area contributed by atoms with E-state index < -0.39 is 10.0 Å². The fourth-order valence-electron chi connectivity index (χ4n) is 1.57. The summed E-state index contributed by atoms with van der Waals surface area (Å²) in [7, 11) is -3.48. The molecule has 3 N–H and O–H groups in total. The number of rotatable bonds is 7. The van der Waals surface area contributed by atoms with Crippen LogP contribution in [-0.2, 0) is 23.1 Å². The third kappa shape index (κ3) is 3.63. The fraction of sp³-hybridized carbons (Fsp3) is 0.364. The zero-order valence-corrected chi connectivity index (χ0v) is 12.1. The lowest BCUT2D eigenvalue weighted by Crippen LogP contribution is -2.24. The van der Waals surface area contributed by atoms with E-state index in [4.69, 9.17) is 0 Å². The van der Waals surface area contributed by atoms with Gasteiger partial charge in [-0.3, -0.25) is 0 Å². The minimum absolute atomic E-state index is 0.207. The third-order valence-electron chi connectivity index (χ3n) is 2.54. The third-order valence-corrected chi connectivity index (χ3v) is 5.07. The van der Waals surface area contributed by atoms with E-state index in [9.17, 15) is 8.42 Å². The predicted molar refractivity (Wildman–Crippen MR) is 74.3 cm³/mol. The summed E-state index contributed by atoms with van der Waals surface area (Å²) in [6, 6.07) is 1.63. The topological polar surface area (TPSA) is 86.9 Å². The molecule has 0 bridgehead atoms. The molecule has 8 heteroatoms. The largest absolute Gasteiger partial charge is 0.347 e. The van der Waals surface area contributed by atoms with Crippen LogP contribution in [-0.4, -0.2) is 24.9 Å². The van der Waals surface area contributed by atoms with Gasteiger partial charge in [0.25, 0.3) is 0 Å². The Labute approximate surface area is 116 Å². The van der Waals surface area contributed by atoms with Gasteiger partial charge in [0.05, 0.1) is 17.8 Å². The highest BCUT2D eigenvalue weighted by Gasteiger charge is 2.19. The Morgan fingerprint density at radius 3 is 2.95 bits per heavy atom. The van der Waals surface area contributed by atoms with Crippen molar-refractivity contribution in [3.63, 3.8) is 0 Å². The van der Waals surface area contributed by atoms with E-state index >= 15 is 0 Å². The number of H-pyrrole nitrogens is 1. The minimum Gasteiger partial charge on any atom is -0.347 e. The summed E-state index contributed by atoms with van der Waals surface area (Å²) in [6.07, 6.45) is 3.11. The zero-order valence-electron chi connectivity index (χ0n) is 10.5. The zero-order chi connectivity index (χ0) is 13.7. The first kappa shape index (κ1) is 14.2. The molecule has 0 fully saturated rings. The van der Waals surface area contributed by atoms with E-state index in [0.29, 0.717) is 11.4 Å². The number of thiophene rings is 1. The fourth-order valence-corrected chi connectivity index (χ4v) is 3.99. The van der Waals surface area contributed by atoms with Crippen molar-refractivity contribution < 1.29 is 8.42 Å². The van der Waals surface area contributed by atoms with Crippen LogP contribution >= 0.6 is 11.3 Å². The molecular formula is C11H16N4O2S2. The highest BCUT2D eigenvalue weighted by atomic mass is 32.2. The summed E-state index contributed by atoms with van der Waals surface area (Å²) in [6.45, 7) is 3.56. The van der Waals surface area contributed by atoms with Crippen LogP contribution in [0.5, 0.6) is 0 Å². The number of imidazole rings is 1. The van der Waals surface area contributed by atoms with E-state index in [0.717, 1.165) is 17.1 Å². The Balaban J connectivity index is 2.08. The van der Waals surface area contributed by atoms with Gasteiger partial charge in [0, 0.05) is 23.3 Å². The van der Waals surface area contributed by atoms with Gasteiger partial charge in [0.2, 0.25) is 10.0 Å². The van der Waals surface area contributed by atoms with Crippen molar-refractivity contribution in [3.05, 3.63) is 34.5 Å². The van der Waals surface area contributed by atoms with E-state index in [-0.39, 0.29) is 6.54 Å². The summed E-state index contributed by atoms with van der Waals surface area (Å²) in [5.74, 6) is 0. The van der Waals surface area contributed by atoms with Crippen LogP contribution in [0.2, 0.25) is 0 Å². The van der Waals surface area contributed by atoms with Crippen LogP contribution in [0.25, 0.3) is 0 Å². The van der Waals surface area contributed by atoms with Crippen LogP contribution in [0.3, 0.4) is 0 Å². The SMILES string of the molecule is CCNCc1sccc1S(=O)(=O)NCc1cnc[nH]1. The number of sulfonamides is 1. The number of nitrogens with zero attached hydrogens (tertiary/aromatic N) is 1. The molecule has 104 valence electrons. The number of hydrogen-bond acceptors (Lipinski definition) is 5. The molecule has 19 heavy (non-hydrogen) atoms. The molecule has 0 amide bonds. The highest BCUT2D eigenvalue weighted by Crippen LogP contribution is 2.21. The molecule has 0 radical (unpaired) electrons. The summed E-state index contributed by atoms with van der Waals surface area (Å²) in [5.41, 5.74) is 0.729. The molecule has 0 saturated carbocycles. The first-order chi connectivity index (χ1) is 9.13. The van der Waals surface area contributed by atoms with Crippen LogP contribution < -0.4 is 10.0 Å². The molecule has 2 rings (SSSR count). The maximum Gasteiger partial charge on any atom is 0.242 e. The Morgan fingerprint density at radius 2 is 2.26 bits per heavy atom. The summed E-state index contributed by atoms with van der Waals surface area (Å²) in [4.78, 5) is 7.87. The molecule has 0 unspecified atom stereocenters. The van der Waals surface area contributed by atoms with Crippen molar-refractivity contribution in [2.45, 2.75) is 24.9 Å². The molecule has 2 aromatic rings. The molecule has 0 aromatic carbocycles. The summed E-state index contributed by atoms with van der Waals surface area (Å²) in [5, 5.41) is 4.92. The number of aromatic amines is 1. The average molecular weight is 300 g/mol. The van der Waals surface area contributed by atoms with Crippen molar-refractivity contribution in [1.29, 1.82) is 0 Å². The Bertz CT molecular complexity index is 604. The van der Waals surface area contributed by atoms with Gasteiger partial charge in [0.1, 0.15) is 0 Å². The molecule has 2 heterocycles. The van der Waals surface area contributed by atoms with E-state index in [1.54, 1.807) is 17.6 Å². The van der Waals surface area contributed by atoms with Gasteiger partial charge in [-0.25, -0.2) is 18.1 Å². The molecule has 2 aromatic heterocycles. The summed E-state index contributed by atoms with van der Waals surface area (Å²) >= 11 is 1.44. The van der Waals surface area contributed by atoms with Crippen LogP contribution in [0.4, 0.5) is 0 Å².